The predicted molar refractivity (Wildman–Crippen MR) is 104 cm³/mol. The summed E-state index contributed by atoms with van der Waals surface area (Å²) in [4.78, 5) is 11.0. The average Bonchev–Trinajstić information content (AvgIpc) is 2.73. The number of carbonyl (C=O) groups excluding carboxylic acids is 1. The van der Waals surface area contributed by atoms with Gasteiger partial charge in [0.1, 0.15) is 6.61 Å². The van der Waals surface area contributed by atoms with Gasteiger partial charge in [0.25, 0.3) is 0 Å². The Balaban J connectivity index is 0. The Morgan fingerprint density at radius 3 is 1.92 bits per heavy atom. The normalized spacial score (nSPS) is 17.0. The number of hydrogen-bond acceptors (Lipinski definition) is 4. The van der Waals surface area contributed by atoms with Crippen LogP contribution >= 0.6 is 0 Å². The van der Waals surface area contributed by atoms with E-state index in [-0.39, 0.29) is 43.4 Å². The summed E-state index contributed by atoms with van der Waals surface area (Å²) in [7, 11) is 1.16. The number of ether oxygens (including phenoxy) is 1. The van der Waals surface area contributed by atoms with Gasteiger partial charge in [0, 0.05) is 25.5 Å². The standard InChI is InChI=1S/C15H22BNO4.C4H10.Fe.H2/c1-14(2)15(3,4)21-16(20-14)12-8-6-11(7-9-12)10-19-13(18)17-5;1-4(2)3;;/h6-9H,10H2,1-5H3,(H,17,18);4H,1-3H3;;1H. The molecule has 1 aliphatic rings. The summed E-state index contributed by atoms with van der Waals surface area (Å²) in [5, 5.41) is 2.41. The monoisotopic (exact) mass is 407 g/mol. The molecule has 7 heteroatoms. The first-order valence-electron chi connectivity index (χ1n) is 8.77. The maximum absolute atomic E-state index is 11.0. The van der Waals surface area contributed by atoms with E-state index in [4.69, 9.17) is 14.0 Å². The van der Waals surface area contributed by atoms with Crippen LogP contribution in [-0.4, -0.2) is 31.5 Å². The first kappa shape index (κ1) is 25.0. The molecule has 150 valence electrons. The van der Waals surface area contributed by atoms with Crippen LogP contribution in [0, 0.1) is 5.92 Å². The van der Waals surface area contributed by atoms with Crippen LogP contribution in [0.1, 0.15) is 55.5 Å². The quantitative estimate of drug-likeness (QED) is 0.776. The third-order valence-corrected chi connectivity index (χ3v) is 4.08. The van der Waals surface area contributed by atoms with Gasteiger partial charge in [-0.15, -0.1) is 0 Å². The van der Waals surface area contributed by atoms with E-state index in [1.54, 1.807) is 0 Å². The second kappa shape index (κ2) is 10.4. The molecule has 1 saturated heterocycles. The Kier molecular flexibility index (Phi) is 9.96. The van der Waals surface area contributed by atoms with E-state index >= 15 is 0 Å². The van der Waals surface area contributed by atoms with Crippen LogP contribution in [0.4, 0.5) is 4.79 Å². The molecule has 0 bridgehead atoms. The van der Waals surface area contributed by atoms with Gasteiger partial charge in [-0.3, -0.25) is 0 Å². The maximum atomic E-state index is 11.0. The summed E-state index contributed by atoms with van der Waals surface area (Å²) >= 11 is 0. The van der Waals surface area contributed by atoms with Gasteiger partial charge >= 0.3 is 13.2 Å². The van der Waals surface area contributed by atoms with Crippen molar-refractivity contribution in [1.82, 2.24) is 5.32 Å². The maximum Gasteiger partial charge on any atom is 0.494 e. The molecule has 1 fully saturated rings. The van der Waals surface area contributed by atoms with Gasteiger partial charge < -0.3 is 19.4 Å². The minimum atomic E-state index is -0.440. The number of carbonyl (C=O) groups is 1. The van der Waals surface area contributed by atoms with Crippen molar-refractivity contribution in [1.29, 1.82) is 0 Å². The summed E-state index contributed by atoms with van der Waals surface area (Å²) in [6, 6.07) is 7.68. The number of nitrogens with one attached hydrogen (secondary N) is 1. The van der Waals surface area contributed by atoms with Gasteiger partial charge in [-0.05, 0) is 44.6 Å². The SMILES string of the molecule is CC(C)C.CNC(=O)OCc1ccc(B2OC(C)(C)C(C)(C)O2)cc1.[Fe].[HH]. The van der Waals surface area contributed by atoms with Gasteiger partial charge in [0.2, 0.25) is 0 Å². The fourth-order valence-electron chi connectivity index (χ4n) is 1.97. The van der Waals surface area contributed by atoms with Gasteiger partial charge in [0.05, 0.1) is 11.2 Å². The molecule has 0 unspecified atom stereocenters. The van der Waals surface area contributed by atoms with Gasteiger partial charge in [-0.25, -0.2) is 4.79 Å². The van der Waals surface area contributed by atoms with Crippen LogP contribution < -0.4 is 10.8 Å². The van der Waals surface area contributed by atoms with Gasteiger partial charge in [-0.1, -0.05) is 45.0 Å². The molecule has 2 rings (SSSR count). The molecule has 0 aliphatic carbocycles. The third kappa shape index (κ3) is 7.32. The Morgan fingerprint density at radius 2 is 1.54 bits per heavy atom. The molecule has 0 radical (unpaired) electrons. The van der Waals surface area contributed by atoms with E-state index in [9.17, 15) is 4.79 Å². The molecule has 1 aromatic carbocycles. The molecule has 0 aromatic heterocycles. The van der Waals surface area contributed by atoms with E-state index in [1.807, 2.05) is 52.0 Å². The fraction of sp³-hybridized carbons (Fsp3) is 0.632. The summed E-state index contributed by atoms with van der Waals surface area (Å²) in [6.07, 6.45) is -0.440. The first-order valence-corrected chi connectivity index (χ1v) is 8.77. The second-order valence-corrected chi connectivity index (χ2v) is 7.89. The Labute approximate surface area is 170 Å². The van der Waals surface area contributed by atoms with Crippen molar-refractivity contribution in [3.63, 3.8) is 0 Å². The number of alkyl carbamates (subject to hydrolysis) is 1. The summed E-state index contributed by atoms with van der Waals surface area (Å²) in [5.74, 6) is 0.833. The molecular weight excluding hydrogens is 373 g/mol. The Morgan fingerprint density at radius 1 is 1.12 bits per heavy atom. The number of benzene rings is 1. The summed E-state index contributed by atoms with van der Waals surface area (Å²) in [5.41, 5.74) is 1.17. The molecule has 1 amide bonds. The van der Waals surface area contributed by atoms with Crippen molar-refractivity contribution in [3.8, 4) is 0 Å². The molecule has 5 nitrogen and oxygen atoms in total. The fourth-order valence-corrected chi connectivity index (χ4v) is 1.97. The third-order valence-electron chi connectivity index (χ3n) is 4.08. The predicted octanol–water partition coefficient (Wildman–Crippen LogP) is 3.75. The second-order valence-electron chi connectivity index (χ2n) is 7.89. The van der Waals surface area contributed by atoms with Gasteiger partial charge in [0.15, 0.2) is 0 Å². The van der Waals surface area contributed by atoms with Gasteiger partial charge in [-0.2, -0.15) is 0 Å². The Bertz CT molecular complexity index is 549. The Hall–Kier alpha value is -1.01. The van der Waals surface area contributed by atoms with Crippen molar-refractivity contribution in [2.24, 2.45) is 5.92 Å². The minimum absolute atomic E-state index is 0. The summed E-state index contributed by atoms with van der Waals surface area (Å²) in [6.45, 7) is 14.8. The number of rotatable bonds is 3. The minimum Gasteiger partial charge on any atom is -0.445 e. The van der Waals surface area contributed by atoms with Crippen LogP contribution in [0.2, 0.25) is 0 Å². The topological polar surface area (TPSA) is 56.8 Å². The molecule has 0 atom stereocenters. The van der Waals surface area contributed by atoms with E-state index in [1.165, 1.54) is 7.05 Å². The molecule has 0 spiro atoms. The molecule has 1 N–H and O–H groups in total. The molecule has 26 heavy (non-hydrogen) atoms. The van der Waals surface area contributed by atoms with Crippen LogP contribution in [0.25, 0.3) is 0 Å². The van der Waals surface area contributed by atoms with Crippen LogP contribution in [0.5, 0.6) is 0 Å². The molecule has 1 aromatic rings. The van der Waals surface area contributed by atoms with Crippen molar-refractivity contribution in [2.45, 2.75) is 66.3 Å². The van der Waals surface area contributed by atoms with Crippen molar-refractivity contribution in [2.75, 3.05) is 7.05 Å². The van der Waals surface area contributed by atoms with Crippen molar-refractivity contribution >= 4 is 18.7 Å². The summed E-state index contributed by atoms with van der Waals surface area (Å²) < 4.78 is 17.0. The van der Waals surface area contributed by atoms with Crippen LogP contribution in [0.15, 0.2) is 24.3 Å². The zero-order chi connectivity index (χ0) is 19.3. The van der Waals surface area contributed by atoms with Crippen LogP contribution in [-0.2, 0) is 37.7 Å². The van der Waals surface area contributed by atoms with E-state index < -0.39 is 6.09 Å². The zero-order valence-electron chi connectivity index (χ0n) is 17.2. The molecule has 1 aliphatic heterocycles. The number of hydrogen-bond donors (Lipinski definition) is 1. The van der Waals surface area contributed by atoms with Crippen LogP contribution in [0.3, 0.4) is 0 Å². The molecule has 1 heterocycles. The number of amides is 1. The van der Waals surface area contributed by atoms with E-state index in [0.717, 1.165) is 16.9 Å². The molecule has 0 saturated carbocycles. The van der Waals surface area contributed by atoms with E-state index in [0.29, 0.717) is 0 Å². The smallest absolute Gasteiger partial charge is 0.445 e. The van der Waals surface area contributed by atoms with Crippen molar-refractivity contribution in [3.05, 3.63) is 29.8 Å². The zero-order valence-corrected chi connectivity index (χ0v) is 18.3. The molecular formula is C19H34BFeNO4. The van der Waals surface area contributed by atoms with Crippen molar-refractivity contribution < 1.29 is 37.3 Å². The van der Waals surface area contributed by atoms with E-state index in [2.05, 4.69) is 26.1 Å². The largest absolute Gasteiger partial charge is 0.494 e. The first-order chi connectivity index (χ1) is 11.5. The average molecular weight is 407 g/mol.